The smallest absolute Gasteiger partial charge is 0.247 e. The average molecular weight is 419 g/mol. The van der Waals surface area contributed by atoms with Gasteiger partial charge in [0.25, 0.3) is 0 Å². The Kier molecular flexibility index (Phi) is 6.18. The summed E-state index contributed by atoms with van der Waals surface area (Å²) in [7, 11) is 0. The van der Waals surface area contributed by atoms with Crippen LogP contribution in [0.3, 0.4) is 0 Å². The molecule has 4 rings (SSSR count). The summed E-state index contributed by atoms with van der Waals surface area (Å²) in [4.78, 5) is 22.2. The minimum absolute atomic E-state index is 0.136. The van der Waals surface area contributed by atoms with Crippen LogP contribution in [-0.4, -0.2) is 42.2 Å². The first kappa shape index (κ1) is 20.5. The quantitative estimate of drug-likeness (QED) is 0.589. The number of benzene rings is 2. The third kappa shape index (κ3) is 5.04. The number of halogens is 1. The van der Waals surface area contributed by atoms with Crippen LogP contribution in [0.15, 0.2) is 67.4 Å². The Morgan fingerprint density at radius 1 is 1.13 bits per heavy atom. The summed E-state index contributed by atoms with van der Waals surface area (Å²) in [6, 6.07) is 14.7. The van der Waals surface area contributed by atoms with Gasteiger partial charge in [-0.25, -0.2) is 14.4 Å². The first-order valence-corrected chi connectivity index (χ1v) is 9.88. The molecule has 0 radical (unpaired) electrons. The van der Waals surface area contributed by atoms with Crippen molar-refractivity contribution in [2.75, 3.05) is 41.8 Å². The zero-order valence-electron chi connectivity index (χ0n) is 16.8. The molecular weight excluding hydrogens is 397 g/mol. The van der Waals surface area contributed by atoms with E-state index in [1.165, 1.54) is 6.08 Å². The van der Waals surface area contributed by atoms with E-state index in [2.05, 4.69) is 32.1 Å². The molecule has 0 aliphatic carbocycles. The topological polar surface area (TPSA) is 79.4 Å². The predicted molar refractivity (Wildman–Crippen MR) is 119 cm³/mol. The number of hydrogen-bond acceptors (Lipinski definition) is 6. The molecule has 2 heterocycles. The van der Waals surface area contributed by atoms with Crippen LogP contribution in [0.2, 0.25) is 0 Å². The molecule has 1 aliphatic rings. The molecule has 3 aromatic rings. The van der Waals surface area contributed by atoms with E-state index in [9.17, 15) is 9.18 Å². The third-order valence-electron chi connectivity index (χ3n) is 4.81. The second kappa shape index (κ2) is 9.36. The number of ether oxygens (including phenoxy) is 1. The molecule has 0 atom stereocenters. The van der Waals surface area contributed by atoms with Gasteiger partial charge in [0, 0.05) is 35.7 Å². The van der Waals surface area contributed by atoms with Crippen LogP contribution < -0.4 is 15.5 Å². The number of nitrogens with one attached hydrogen (secondary N) is 2. The zero-order valence-corrected chi connectivity index (χ0v) is 16.8. The van der Waals surface area contributed by atoms with E-state index in [1.54, 1.807) is 24.3 Å². The summed E-state index contributed by atoms with van der Waals surface area (Å²) in [6.45, 7) is 6.50. The molecule has 8 heteroatoms. The maximum Gasteiger partial charge on any atom is 0.247 e. The summed E-state index contributed by atoms with van der Waals surface area (Å²) in [5.74, 6) is -0.626. The van der Waals surface area contributed by atoms with Crippen molar-refractivity contribution in [1.82, 2.24) is 9.97 Å². The van der Waals surface area contributed by atoms with Crippen LogP contribution in [-0.2, 0) is 9.53 Å². The van der Waals surface area contributed by atoms with Crippen LogP contribution in [0.4, 0.5) is 27.4 Å². The predicted octanol–water partition coefficient (Wildman–Crippen LogP) is 3.99. The van der Waals surface area contributed by atoms with Gasteiger partial charge in [-0.2, -0.15) is 0 Å². The molecule has 0 saturated carbocycles. The highest BCUT2D eigenvalue weighted by atomic mass is 19.1. The Hall–Kier alpha value is -3.78. The van der Waals surface area contributed by atoms with Crippen LogP contribution in [0.25, 0.3) is 11.3 Å². The summed E-state index contributed by atoms with van der Waals surface area (Å²) in [6.07, 6.45) is 2.30. The number of morpholine rings is 1. The molecule has 2 N–H and O–H groups in total. The number of amides is 1. The van der Waals surface area contributed by atoms with Crippen LogP contribution in [0.5, 0.6) is 0 Å². The maximum atomic E-state index is 14.5. The largest absolute Gasteiger partial charge is 0.378 e. The Morgan fingerprint density at radius 3 is 2.71 bits per heavy atom. The molecule has 31 heavy (non-hydrogen) atoms. The minimum atomic E-state index is -0.556. The van der Waals surface area contributed by atoms with Gasteiger partial charge in [-0.15, -0.1) is 0 Å². The minimum Gasteiger partial charge on any atom is -0.378 e. The lowest BCUT2D eigenvalue weighted by molar-refractivity contribution is -0.111. The van der Waals surface area contributed by atoms with Gasteiger partial charge >= 0.3 is 0 Å². The number of rotatable bonds is 6. The summed E-state index contributed by atoms with van der Waals surface area (Å²) in [5.41, 5.74) is 3.05. The number of carbonyl (C=O) groups excluding carboxylic acids is 1. The number of nitrogens with zero attached hydrogens (tertiary/aromatic N) is 3. The summed E-state index contributed by atoms with van der Waals surface area (Å²) >= 11 is 0. The van der Waals surface area contributed by atoms with E-state index < -0.39 is 5.82 Å². The fourth-order valence-corrected chi connectivity index (χ4v) is 3.30. The van der Waals surface area contributed by atoms with Gasteiger partial charge in [0.1, 0.15) is 5.69 Å². The Labute approximate surface area is 179 Å². The molecule has 1 amide bonds. The summed E-state index contributed by atoms with van der Waals surface area (Å²) < 4.78 is 19.9. The number of aromatic nitrogens is 2. The Balaban J connectivity index is 1.57. The Morgan fingerprint density at radius 2 is 1.90 bits per heavy atom. The maximum absolute atomic E-state index is 14.5. The van der Waals surface area contributed by atoms with Crippen molar-refractivity contribution in [2.45, 2.75) is 0 Å². The van der Waals surface area contributed by atoms with Crippen molar-refractivity contribution in [3.63, 3.8) is 0 Å². The van der Waals surface area contributed by atoms with Gasteiger partial charge < -0.3 is 20.3 Å². The standard InChI is InChI=1S/C23H22FN5O2/c1-2-21(30)26-17-6-3-5-16(13-17)22-20(24)15-25-23(28-22)27-18-7-4-8-19(14-18)29-9-11-31-12-10-29/h2-8,13-15H,1,9-12H2,(H,26,30)(H,25,27,28). The van der Waals surface area contributed by atoms with E-state index in [4.69, 9.17) is 4.74 Å². The van der Waals surface area contributed by atoms with E-state index in [-0.39, 0.29) is 17.5 Å². The van der Waals surface area contributed by atoms with Gasteiger partial charge in [0.05, 0.1) is 19.4 Å². The van der Waals surface area contributed by atoms with Crippen LogP contribution in [0.1, 0.15) is 0 Å². The molecule has 1 saturated heterocycles. The number of hydrogen-bond donors (Lipinski definition) is 2. The third-order valence-corrected chi connectivity index (χ3v) is 4.81. The normalized spacial score (nSPS) is 13.5. The molecule has 0 unspecified atom stereocenters. The van der Waals surface area contributed by atoms with Crippen molar-refractivity contribution in [2.24, 2.45) is 0 Å². The second-order valence-electron chi connectivity index (χ2n) is 6.94. The SMILES string of the molecule is C=CC(=O)Nc1cccc(-c2nc(Nc3cccc(N4CCOCC4)c3)ncc2F)c1. The first-order valence-electron chi connectivity index (χ1n) is 9.88. The molecule has 7 nitrogen and oxygen atoms in total. The fraction of sp³-hybridized carbons (Fsp3) is 0.174. The highest BCUT2D eigenvalue weighted by Crippen LogP contribution is 2.26. The molecule has 0 spiro atoms. The lowest BCUT2D eigenvalue weighted by atomic mass is 10.1. The van der Waals surface area contributed by atoms with Crippen molar-refractivity contribution in [3.05, 3.63) is 73.2 Å². The van der Waals surface area contributed by atoms with Crippen LogP contribution >= 0.6 is 0 Å². The zero-order chi connectivity index (χ0) is 21.6. The van der Waals surface area contributed by atoms with Gasteiger partial charge in [0.15, 0.2) is 5.82 Å². The number of anilines is 4. The van der Waals surface area contributed by atoms with Gasteiger partial charge in [0.2, 0.25) is 11.9 Å². The Bertz CT molecular complexity index is 1100. The molecular formula is C23H22FN5O2. The van der Waals surface area contributed by atoms with Crippen molar-refractivity contribution in [1.29, 1.82) is 0 Å². The lowest BCUT2D eigenvalue weighted by Gasteiger charge is -2.29. The molecule has 158 valence electrons. The highest BCUT2D eigenvalue weighted by molar-refractivity contribution is 5.99. The van der Waals surface area contributed by atoms with E-state index in [1.807, 2.05) is 24.3 Å². The van der Waals surface area contributed by atoms with Crippen molar-refractivity contribution >= 4 is 28.9 Å². The van der Waals surface area contributed by atoms with Crippen molar-refractivity contribution < 1.29 is 13.9 Å². The highest BCUT2D eigenvalue weighted by Gasteiger charge is 2.13. The molecule has 0 bridgehead atoms. The van der Waals surface area contributed by atoms with Crippen molar-refractivity contribution in [3.8, 4) is 11.3 Å². The average Bonchev–Trinajstić information content (AvgIpc) is 2.81. The van der Waals surface area contributed by atoms with Crippen LogP contribution in [0, 0.1) is 5.82 Å². The van der Waals surface area contributed by atoms with Gasteiger partial charge in [-0.05, 0) is 36.4 Å². The monoisotopic (exact) mass is 419 g/mol. The number of carbonyl (C=O) groups is 1. The second-order valence-corrected chi connectivity index (χ2v) is 6.94. The summed E-state index contributed by atoms with van der Waals surface area (Å²) in [5, 5.41) is 5.81. The first-order chi connectivity index (χ1) is 15.1. The van der Waals surface area contributed by atoms with E-state index in [0.717, 1.165) is 30.7 Å². The molecule has 1 aromatic heterocycles. The van der Waals surface area contributed by atoms with Gasteiger partial charge in [-0.3, -0.25) is 4.79 Å². The molecule has 1 fully saturated rings. The van der Waals surface area contributed by atoms with E-state index >= 15 is 0 Å². The van der Waals surface area contributed by atoms with E-state index in [0.29, 0.717) is 24.5 Å². The fourth-order valence-electron chi connectivity index (χ4n) is 3.30. The lowest BCUT2D eigenvalue weighted by Crippen LogP contribution is -2.36. The molecule has 2 aromatic carbocycles. The molecule has 1 aliphatic heterocycles. The van der Waals surface area contributed by atoms with Gasteiger partial charge in [-0.1, -0.05) is 24.8 Å².